The zero-order valence-electron chi connectivity index (χ0n) is 11.0. The molecule has 3 N–H and O–H groups in total. The molecule has 1 aromatic heterocycles. The van der Waals surface area contributed by atoms with E-state index in [1.54, 1.807) is 17.5 Å². The molecule has 2 rings (SSSR count). The minimum absolute atomic E-state index is 0.478. The fraction of sp³-hybridized carbons (Fsp3) is 0.286. The third-order valence-corrected chi connectivity index (χ3v) is 3.55. The van der Waals surface area contributed by atoms with Crippen LogP contribution in [0.5, 0.6) is 0 Å². The first-order valence-electron chi connectivity index (χ1n) is 6.42. The molecule has 0 aliphatic rings. The molecule has 1 amide bonds. The average molecular weight is 291 g/mol. The van der Waals surface area contributed by atoms with Crippen molar-refractivity contribution in [2.24, 2.45) is 0 Å². The summed E-state index contributed by atoms with van der Waals surface area (Å²) in [4.78, 5) is 14.6. The van der Waals surface area contributed by atoms with E-state index in [9.17, 15) is 4.79 Å². The average Bonchev–Trinajstić information content (AvgIpc) is 2.95. The zero-order chi connectivity index (χ0) is 14.2. The third-order valence-electron chi connectivity index (χ3n) is 2.77. The summed E-state index contributed by atoms with van der Waals surface area (Å²) in [6.07, 6.45) is 2.48. The van der Waals surface area contributed by atoms with E-state index in [0.29, 0.717) is 6.54 Å². The molecule has 0 spiro atoms. The number of carbonyl (C=O) groups is 1. The molecule has 106 valence electrons. The van der Waals surface area contributed by atoms with Crippen LogP contribution in [0.2, 0.25) is 0 Å². The van der Waals surface area contributed by atoms with Gasteiger partial charge in [0.2, 0.25) is 0 Å². The number of anilines is 1. The van der Waals surface area contributed by atoms with Gasteiger partial charge in [-0.05, 0) is 30.5 Å². The molecular formula is C14H17N3O2S. The van der Waals surface area contributed by atoms with E-state index in [0.717, 1.165) is 30.1 Å². The number of hydrogen-bond donors (Lipinski definition) is 3. The molecule has 5 nitrogen and oxygen atoms in total. The molecule has 0 aliphatic heterocycles. The van der Waals surface area contributed by atoms with Crippen LogP contribution < -0.4 is 10.6 Å². The fourth-order valence-electron chi connectivity index (χ4n) is 1.84. The van der Waals surface area contributed by atoms with Crippen LogP contribution >= 0.6 is 11.3 Å². The maximum atomic E-state index is 10.3. The van der Waals surface area contributed by atoms with Gasteiger partial charge in [0, 0.05) is 23.8 Å². The van der Waals surface area contributed by atoms with E-state index in [1.807, 2.05) is 17.5 Å². The lowest BCUT2D eigenvalue weighted by molar-refractivity contribution is 0.194. The quantitative estimate of drug-likeness (QED) is 0.686. The van der Waals surface area contributed by atoms with Gasteiger partial charge in [-0.2, -0.15) is 0 Å². The minimum atomic E-state index is -0.969. The lowest BCUT2D eigenvalue weighted by atomic mass is 10.1. The van der Waals surface area contributed by atoms with Crippen molar-refractivity contribution in [3.63, 3.8) is 0 Å². The number of aryl methyl sites for hydroxylation is 1. The summed E-state index contributed by atoms with van der Waals surface area (Å²) in [6.45, 7) is 1.20. The fourth-order valence-corrected chi connectivity index (χ4v) is 2.40. The van der Waals surface area contributed by atoms with E-state index in [2.05, 4.69) is 27.8 Å². The summed E-state index contributed by atoms with van der Waals surface area (Å²) >= 11 is 1.63. The van der Waals surface area contributed by atoms with Gasteiger partial charge in [0.1, 0.15) is 5.01 Å². The molecule has 20 heavy (non-hydrogen) atoms. The van der Waals surface area contributed by atoms with E-state index in [1.165, 1.54) is 5.56 Å². The first-order valence-corrected chi connectivity index (χ1v) is 7.30. The summed E-state index contributed by atoms with van der Waals surface area (Å²) in [7, 11) is 0. The largest absolute Gasteiger partial charge is 0.465 e. The van der Waals surface area contributed by atoms with Crippen molar-refractivity contribution in [2.45, 2.75) is 19.4 Å². The van der Waals surface area contributed by atoms with Crippen LogP contribution in [0.1, 0.15) is 17.0 Å². The molecule has 6 heteroatoms. The highest BCUT2D eigenvalue weighted by molar-refractivity contribution is 7.09. The topological polar surface area (TPSA) is 74.2 Å². The smallest absolute Gasteiger partial charge is 0.404 e. The Morgan fingerprint density at radius 2 is 2.30 bits per heavy atom. The second kappa shape index (κ2) is 7.49. The highest BCUT2D eigenvalue weighted by Gasteiger charge is 1.99. The molecule has 0 unspecified atom stereocenters. The minimum Gasteiger partial charge on any atom is -0.465 e. The number of hydrogen-bond acceptors (Lipinski definition) is 4. The molecule has 1 heterocycles. The first kappa shape index (κ1) is 14.3. The highest BCUT2D eigenvalue weighted by Crippen LogP contribution is 2.14. The highest BCUT2D eigenvalue weighted by atomic mass is 32.1. The number of amides is 1. The Morgan fingerprint density at radius 1 is 1.40 bits per heavy atom. The maximum Gasteiger partial charge on any atom is 0.404 e. The van der Waals surface area contributed by atoms with Gasteiger partial charge < -0.3 is 15.7 Å². The number of carboxylic acid groups (broad SMARTS) is 1. The van der Waals surface area contributed by atoms with Crippen molar-refractivity contribution in [1.82, 2.24) is 10.3 Å². The van der Waals surface area contributed by atoms with E-state index in [-0.39, 0.29) is 0 Å². The van der Waals surface area contributed by atoms with Gasteiger partial charge in [0.05, 0.1) is 6.54 Å². The summed E-state index contributed by atoms with van der Waals surface area (Å²) < 4.78 is 0. The number of aromatic nitrogens is 1. The summed E-state index contributed by atoms with van der Waals surface area (Å²) in [5, 5.41) is 17.2. The Bertz CT molecular complexity index is 543. The summed E-state index contributed by atoms with van der Waals surface area (Å²) in [5.41, 5.74) is 2.25. The van der Waals surface area contributed by atoms with Gasteiger partial charge in [-0.1, -0.05) is 12.1 Å². The molecule has 0 aliphatic carbocycles. The Hall–Kier alpha value is -2.08. The van der Waals surface area contributed by atoms with Crippen LogP contribution in [0.25, 0.3) is 0 Å². The molecule has 0 fully saturated rings. The number of rotatable bonds is 7. The molecule has 0 atom stereocenters. The molecule has 1 aromatic carbocycles. The SMILES string of the molecule is O=C(O)NCCCc1cccc(NCc2nccs2)c1. The van der Waals surface area contributed by atoms with Crippen LogP contribution in [0.3, 0.4) is 0 Å². The number of thiazole rings is 1. The van der Waals surface area contributed by atoms with Gasteiger partial charge in [0.25, 0.3) is 0 Å². The molecule has 0 bridgehead atoms. The predicted molar refractivity (Wildman–Crippen MR) is 80.2 cm³/mol. The normalized spacial score (nSPS) is 10.2. The molecule has 2 aromatic rings. The van der Waals surface area contributed by atoms with Gasteiger partial charge in [0.15, 0.2) is 0 Å². The van der Waals surface area contributed by atoms with Crippen LogP contribution in [-0.2, 0) is 13.0 Å². The Labute approximate surface area is 121 Å². The predicted octanol–water partition coefficient (Wildman–Crippen LogP) is 2.96. The van der Waals surface area contributed by atoms with Crippen LogP contribution in [0.15, 0.2) is 35.8 Å². The van der Waals surface area contributed by atoms with Crippen molar-refractivity contribution in [1.29, 1.82) is 0 Å². The summed E-state index contributed by atoms with van der Waals surface area (Å²) in [6, 6.07) is 8.17. The Kier molecular flexibility index (Phi) is 5.37. The van der Waals surface area contributed by atoms with Crippen molar-refractivity contribution in [3.8, 4) is 0 Å². The van der Waals surface area contributed by atoms with Crippen LogP contribution in [0.4, 0.5) is 10.5 Å². The second-order valence-electron chi connectivity index (χ2n) is 4.32. The lowest BCUT2D eigenvalue weighted by Gasteiger charge is -2.07. The number of nitrogens with one attached hydrogen (secondary N) is 2. The van der Waals surface area contributed by atoms with Gasteiger partial charge in [-0.25, -0.2) is 9.78 Å². The van der Waals surface area contributed by atoms with Crippen LogP contribution in [-0.4, -0.2) is 22.7 Å². The van der Waals surface area contributed by atoms with Crippen molar-refractivity contribution >= 4 is 23.1 Å². The van der Waals surface area contributed by atoms with Crippen molar-refractivity contribution < 1.29 is 9.90 Å². The van der Waals surface area contributed by atoms with Gasteiger partial charge in [-0.3, -0.25) is 0 Å². The monoisotopic (exact) mass is 291 g/mol. The summed E-state index contributed by atoms with van der Waals surface area (Å²) in [5.74, 6) is 0. The maximum absolute atomic E-state index is 10.3. The number of benzene rings is 1. The van der Waals surface area contributed by atoms with E-state index < -0.39 is 6.09 Å². The zero-order valence-corrected chi connectivity index (χ0v) is 11.8. The van der Waals surface area contributed by atoms with E-state index in [4.69, 9.17) is 5.11 Å². The Morgan fingerprint density at radius 3 is 3.05 bits per heavy atom. The molecule has 0 saturated heterocycles. The molecule has 0 radical (unpaired) electrons. The third kappa shape index (κ3) is 4.89. The molecular weight excluding hydrogens is 274 g/mol. The standard InChI is InChI=1S/C14H17N3O2S/c18-14(19)16-6-2-4-11-3-1-5-12(9-11)17-10-13-15-7-8-20-13/h1,3,5,7-9,16-17H,2,4,6,10H2,(H,18,19). The Balaban J connectivity index is 1.79. The van der Waals surface area contributed by atoms with Crippen molar-refractivity contribution in [2.75, 3.05) is 11.9 Å². The van der Waals surface area contributed by atoms with Gasteiger partial charge in [-0.15, -0.1) is 11.3 Å². The van der Waals surface area contributed by atoms with Gasteiger partial charge >= 0.3 is 6.09 Å². The number of nitrogens with zero attached hydrogens (tertiary/aromatic N) is 1. The second-order valence-corrected chi connectivity index (χ2v) is 5.29. The van der Waals surface area contributed by atoms with Crippen molar-refractivity contribution in [3.05, 3.63) is 46.4 Å². The molecule has 0 saturated carbocycles. The first-order chi connectivity index (χ1) is 9.74. The van der Waals surface area contributed by atoms with E-state index >= 15 is 0 Å². The lowest BCUT2D eigenvalue weighted by Crippen LogP contribution is -2.22. The van der Waals surface area contributed by atoms with Crippen LogP contribution in [0, 0.1) is 0 Å².